The summed E-state index contributed by atoms with van der Waals surface area (Å²) in [5, 5.41) is 2.90. The zero-order valence-electron chi connectivity index (χ0n) is 14.5. The van der Waals surface area contributed by atoms with Gasteiger partial charge in [0.05, 0.1) is 0 Å². The molecule has 0 unspecified atom stereocenters. The van der Waals surface area contributed by atoms with Crippen molar-refractivity contribution in [3.8, 4) is 5.75 Å². The first-order chi connectivity index (χ1) is 10.9. The molecule has 2 aromatic rings. The van der Waals surface area contributed by atoms with E-state index in [0.717, 1.165) is 11.3 Å². The van der Waals surface area contributed by atoms with Crippen molar-refractivity contribution < 1.29 is 9.53 Å². The van der Waals surface area contributed by atoms with E-state index in [1.54, 1.807) is 6.92 Å². The zero-order chi connectivity index (χ0) is 17.0. The lowest BCUT2D eigenvalue weighted by molar-refractivity contribution is -0.122. The molecule has 0 spiro atoms. The van der Waals surface area contributed by atoms with Gasteiger partial charge in [-0.25, -0.2) is 0 Å². The molecule has 0 heterocycles. The second-order valence-electron chi connectivity index (χ2n) is 6.27. The lowest BCUT2D eigenvalue weighted by Gasteiger charge is -2.16. The van der Waals surface area contributed by atoms with Crippen LogP contribution in [0.5, 0.6) is 5.75 Å². The van der Waals surface area contributed by atoms with E-state index in [1.165, 1.54) is 11.1 Å². The Hall–Kier alpha value is -2.29. The number of rotatable bonds is 5. The molecule has 3 heteroatoms. The molecule has 122 valence electrons. The molecule has 0 saturated heterocycles. The van der Waals surface area contributed by atoms with Gasteiger partial charge in [-0.2, -0.15) is 0 Å². The van der Waals surface area contributed by atoms with E-state index in [1.807, 2.05) is 56.3 Å². The minimum Gasteiger partial charge on any atom is -0.481 e. The number of carbonyl (C=O) groups is 1. The van der Waals surface area contributed by atoms with Crippen molar-refractivity contribution in [2.24, 2.45) is 0 Å². The summed E-state index contributed by atoms with van der Waals surface area (Å²) in [7, 11) is 0. The molecule has 0 aliphatic carbocycles. The number of nitrogens with one attached hydrogen (secondary N) is 1. The summed E-state index contributed by atoms with van der Waals surface area (Å²) in [5.74, 6) is 1.04. The topological polar surface area (TPSA) is 38.3 Å². The van der Waals surface area contributed by atoms with Crippen LogP contribution in [0.1, 0.15) is 43.4 Å². The highest BCUT2D eigenvalue weighted by Gasteiger charge is 2.15. The Labute approximate surface area is 138 Å². The molecule has 0 aromatic heterocycles. The van der Waals surface area contributed by atoms with Crippen molar-refractivity contribution in [1.82, 2.24) is 0 Å². The maximum Gasteiger partial charge on any atom is 0.265 e. The third kappa shape index (κ3) is 4.59. The molecular weight excluding hydrogens is 286 g/mol. The minimum absolute atomic E-state index is 0.152. The molecule has 2 aromatic carbocycles. The van der Waals surface area contributed by atoms with E-state index >= 15 is 0 Å². The Morgan fingerprint density at radius 1 is 0.957 bits per heavy atom. The Balaban J connectivity index is 1.97. The molecule has 0 aliphatic heterocycles. The van der Waals surface area contributed by atoms with Gasteiger partial charge < -0.3 is 10.1 Å². The number of hydrogen-bond acceptors (Lipinski definition) is 2. The van der Waals surface area contributed by atoms with Crippen LogP contribution in [0.2, 0.25) is 0 Å². The number of ether oxygens (including phenoxy) is 1. The predicted octanol–water partition coefficient (Wildman–Crippen LogP) is 4.83. The van der Waals surface area contributed by atoms with Crippen molar-refractivity contribution in [1.29, 1.82) is 0 Å². The third-order valence-corrected chi connectivity index (χ3v) is 4.00. The van der Waals surface area contributed by atoms with Gasteiger partial charge in [-0.1, -0.05) is 32.0 Å². The van der Waals surface area contributed by atoms with Crippen LogP contribution in [-0.4, -0.2) is 12.0 Å². The van der Waals surface area contributed by atoms with Crippen LogP contribution in [-0.2, 0) is 4.79 Å². The first kappa shape index (κ1) is 17.1. The van der Waals surface area contributed by atoms with Crippen molar-refractivity contribution in [3.63, 3.8) is 0 Å². The molecule has 1 amide bonds. The second kappa shape index (κ2) is 7.32. The lowest BCUT2D eigenvalue weighted by Crippen LogP contribution is -2.30. The summed E-state index contributed by atoms with van der Waals surface area (Å²) in [6.45, 7) is 10.1. The highest BCUT2D eigenvalue weighted by Crippen LogP contribution is 2.20. The Kier molecular flexibility index (Phi) is 5.43. The molecule has 23 heavy (non-hydrogen) atoms. The molecule has 1 atom stereocenters. The Morgan fingerprint density at radius 2 is 1.61 bits per heavy atom. The van der Waals surface area contributed by atoms with E-state index in [9.17, 15) is 4.79 Å². The largest absolute Gasteiger partial charge is 0.481 e. The highest BCUT2D eigenvalue weighted by molar-refractivity contribution is 5.94. The number of amides is 1. The molecule has 0 saturated carbocycles. The minimum atomic E-state index is -0.554. The maximum absolute atomic E-state index is 12.3. The van der Waals surface area contributed by atoms with Crippen LogP contribution >= 0.6 is 0 Å². The molecule has 0 radical (unpaired) electrons. The number of anilines is 1. The van der Waals surface area contributed by atoms with Gasteiger partial charge in [0, 0.05) is 5.69 Å². The van der Waals surface area contributed by atoms with Gasteiger partial charge in [-0.3, -0.25) is 4.79 Å². The van der Waals surface area contributed by atoms with Crippen LogP contribution in [0.3, 0.4) is 0 Å². The van der Waals surface area contributed by atoms with Crippen molar-refractivity contribution in [2.75, 3.05) is 5.32 Å². The van der Waals surface area contributed by atoms with Gasteiger partial charge in [0.1, 0.15) is 5.75 Å². The van der Waals surface area contributed by atoms with Gasteiger partial charge in [0.15, 0.2) is 6.10 Å². The van der Waals surface area contributed by atoms with Crippen molar-refractivity contribution in [2.45, 2.75) is 46.6 Å². The summed E-state index contributed by atoms with van der Waals surface area (Å²) in [6.07, 6.45) is -0.554. The SMILES string of the molecule is Cc1ccc(NC(=O)[C@H](C)Oc2ccc(C(C)C)cc2)cc1C. The fourth-order valence-electron chi connectivity index (χ4n) is 2.25. The van der Waals surface area contributed by atoms with Crippen molar-refractivity contribution in [3.05, 3.63) is 59.2 Å². The number of aryl methyl sites for hydroxylation is 2. The maximum atomic E-state index is 12.3. The van der Waals surface area contributed by atoms with Crippen LogP contribution in [0.15, 0.2) is 42.5 Å². The molecular formula is C20H25NO2. The first-order valence-corrected chi connectivity index (χ1v) is 8.01. The van der Waals surface area contributed by atoms with E-state index in [0.29, 0.717) is 11.7 Å². The molecule has 2 rings (SSSR count). The molecule has 0 bridgehead atoms. The van der Waals surface area contributed by atoms with E-state index in [2.05, 4.69) is 19.2 Å². The van der Waals surface area contributed by atoms with Gasteiger partial charge in [0.25, 0.3) is 5.91 Å². The van der Waals surface area contributed by atoms with Gasteiger partial charge in [-0.05, 0) is 67.6 Å². The summed E-state index contributed by atoms with van der Waals surface area (Å²) >= 11 is 0. The highest BCUT2D eigenvalue weighted by atomic mass is 16.5. The monoisotopic (exact) mass is 311 g/mol. The zero-order valence-corrected chi connectivity index (χ0v) is 14.5. The standard InChI is InChI=1S/C20H25NO2/c1-13(2)17-7-10-19(11-8-17)23-16(5)20(22)21-18-9-6-14(3)15(4)12-18/h6-13,16H,1-5H3,(H,21,22)/t16-/m0/s1. The molecule has 0 fully saturated rings. The van der Waals surface area contributed by atoms with E-state index < -0.39 is 6.10 Å². The van der Waals surface area contributed by atoms with Gasteiger partial charge >= 0.3 is 0 Å². The second-order valence-corrected chi connectivity index (χ2v) is 6.27. The van der Waals surface area contributed by atoms with Crippen molar-refractivity contribution >= 4 is 11.6 Å². The quantitative estimate of drug-likeness (QED) is 0.858. The average Bonchev–Trinajstić information content (AvgIpc) is 2.51. The average molecular weight is 311 g/mol. The summed E-state index contributed by atoms with van der Waals surface area (Å²) in [5.41, 5.74) is 4.41. The van der Waals surface area contributed by atoms with E-state index in [-0.39, 0.29) is 5.91 Å². The molecule has 3 nitrogen and oxygen atoms in total. The summed E-state index contributed by atoms with van der Waals surface area (Å²) in [4.78, 5) is 12.3. The fraction of sp³-hybridized carbons (Fsp3) is 0.350. The van der Waals surface area contributed by atoms with Crippen LogP contribution < -0.4 is 10.1 Å². The molecule has 1 N–H and O–H groups in total. The van der Waals surface area contributed by atoms with Gasteiger partial charge in [0.2, 0.25) is 0 Å². The number of hydrogen-bond donors (Lipinski definition) is 1. The molecule has 0 aliphatic rings. The Bertz CT molecular complexity index is 675. The third-order valence-electron chi connectivity index (χ3n) is 4.00. The number of benzene rings is 2. The first-order valence-electron chi connectivity index (χ1n) is 8.01. The Morgan fingerprint density at radius 3 is 2.17 bits per heavy atom. The smallest absolute Gasteiger partial charge is 0.265 e. The van der Waals surface area contributed by atoms with Crippen LogP contribution in [0.25, 0.3) is 0 Å². The van der Waals surface area contributed by atoms with Crippen LogP contribution in [0, 0.1) is 13.8 Å². The predicted molar refractivity (Wildman–Crippen MR) is 95.2 cm³/mol. The van der Waals surface area contributed by atoms with Crippen LogP contribution in [0.4, 0.5) is 5.69 Å². The van der Waals surface area contributed by atoms with E-state index in [4.69, 9.17) is 4.74 Å². The fourth-order valence-corrected chi connectivity index (χ4v) is 2.25. The number of carbonyl (C=O) groups excluding carboxylic acids is 1. The normalized spacial score (nSPS) is 12.1. The summed E-state index contributed by atoms with van der Waals surface area (Å²) < 4.78 is 5.72. The summed E-state index contributed by atoms with van der Waals surface area (Å²) in [6, 6.07) is 13.8. The van der Waals surface area contributed by atoms with Gasteiger partial charge in [-0.15, -0.1) is 0 Å². The lowest BCUT2D eigenvalue weighted by atomic mass is 10.0.